The number of aliphatic hydroxyl groups excluding tert-OH is 1. The van der Waals surface area contributed by atoms with Gasteiger partial charge in [0.2, 0.25) is 5.91 Å². The van der Waals surface area contributed by atoms with Gasteiger partial charge in [-0.3, -0.25) is 9.59 Å². The fourth-order valence-electron chi connectivity index (χ4n) is 2.14. The van der Waals surface area contributed by atoms with Gasteiger partial charge in [-0.05, 0) is 24.8 Å². The zero-order valence-electron chi connectivity index (χ0n) is 14.8. The van der Waals surface area contributed by atoms with Crippen LogP contribution in [0.2, 0.25) is 0 Å². The highest BCUT2D eigenvalue weighted by Gasteiger charge is 2.25. The number of rotatable bonds is 9. The average Bonchev–Trinajstić information content (AvgIpc) is 2.59. The van der Waals surface area contributed by atoms with Crippen molar-refractivity contribution in [1.82, 2.24) is 10.6 Å². The van der Waals surface area contributed by atoms with Crippen LogP contribution in [0.5, 0.6) is 0 Å². The van der Waals surface area contributed by atoms with Crippen LogP contribution in [0.3, 0.4) is 0 Å². The Kier molecular flexibility index (Phi) is 8.63. The number of hydrogen-bond donors (Lipinski definition) is 3. The minimum atomic E-state index is -0.825. The summed E-state index contributed by atoms with van der Waals surface area (Å²) in [7, 11) is 0. The van der Waals surface area contributed by atoms with Crippen LogP contribution < -0.4 is 10.6 Å². The van der Waals surface area contributed by atoms with Crippen molar-refractivity contribution in [3.8, 4) is 0 Å². The van der Waals surface area contributed by atoms with Crippen molar-refractivity contribution >= 4 is 17.8 Å². The summed E-state index contributed by atoms with van der Waals surface area (Å²) in [6.07, 6.45) is -0.308. The monoisotopic (exact) mass is 350 g/mol. The van der Waals surface area contributed by atoms with Crippen molar-refractivity contribution < 1.29 is 24.2 Å². The molecule has 0 aromatic heterocycles. The smallest absolute Gasteiger partial charge is 0.408 e. The standard InChI is InChI=1S/C18H26N2O5/c1-12(2)9-15(17(23)19-13(3)16(22)10-21)20-18(24)25-11-14-7-5-4-6-8-14/h4-8,12-13,15,21H,9-11H2,1-3H3,(H,19,23)(H,20,24)/t13-,15-/m0/s1. The number of carbonyl (C=O) groups excluding carboxylic acids is 3. The first-order valence-corrected chi connectivity index (χ1v) is 8.24. The number of benzene rings is 1. The molecule has 0 unspecified atom stereocenters. The zero-order valence-corrected chi connectivity index (χ0v) is 14.8. The highest BCUT2D eigenvalue weighted by atomic mass is 16.5. The third-order valence-electron chi connectivity index (χ3n) is 3.53. The van der Waals surface area contributed by atoms with E-state index in [4.69, 9.17) is 9.84 Å². The summed E-state index contributed by atoms with van der Waals surface area (Å²) in [6, 6.07) is 7.55. The van der Waals surface area contributed by atoms with Crippen LogP contribution in [-0.4, -0.2) is 41.6 Å². The fourth-order valence-corrected chi connectivity index (χ4v) is 2.14. The summed E-state index contributed by atoms with van der Waals surface area (Å²) >= 11 is 0. The number of carbonyl (C=O) groups is 3. The van der Waals surface area contributed by atoms with E-state index in [1.807, 2.05) is 44.2 Å². The van der Waals surface area contributed by atoms with E-state index < -0.39 is 36.5 Å². The molecule has 25 heavy (non-hydrogen) atoms. The minimum absolute atomic E-state index is 0.0993. The molecule has 2 atom stereocenters. The second-order valence-corrected chi connectivity index (χ2v) is 6.24. The molecule has 1 rings (SSSR count). The number of alkyl carbamates (subject to hydrolysis) is 1. The fraction of sp³-hybridized carbons (Fsp3) is 0.500. The Labute approximate surface area is 147 Å². The molecule has 2 amide bonds. The maximum absolute atomic E-state index is 12.3. The van der Waals surface area contributed by atoms with E-state index in [2.05, 4.69) is 10.6 Å². The molecule has 0 spiro atoms. The molecule has 1 aromatic carbocycles. The van der Waals surface area contributed by atoms with E-state index >= 15 is 0 Å². The molecule has 0 fully saturated rings. The number of Topliss-reactive ketones (excluding diaryl/α,β-unsaturated/α-hetero) is 1. The lowest BCUT2D eigenvalue weighted by molar-refractivity contribution is -0.130. The van der Waals surface area contributed by atoms with Gasteiger partial charge in [0, 0.05) is 0 Å². The molecule has 0 saturated heterocycles. The number of amides is 2. The Morgan fingerprint density at radius 1 is 1.08 bits per heavy atom. The van der Waals surface area contributed by atoms with Gasteiger partial charge in [0.25, 0.3) is 0 Å². The van der Waals surface area contributed by atoms with Gasteiger partial charge in [0.15, 0.2) is 5.78 Å². The van der Waals surface area contributed by atoms with Gasteiger partial charge < -0.3 is 20.5 Å². The highest BCUT2D eigenvalue weighted by molar-refractivity contribution is 5.92. The van der Waals surface area contributed by atoms with E-state index in [0.717, 1.165) is 5.56 Å². The maximum Gasteiger partial charge on any atom is 0.408 e. The summed E-state index contributed by atoms with van der Waals surface area (Å²) in [4.78, 5) is 35.7. The van der Waals surface area contributed by atoms with Gasteiger partial charge in [-0.1, -0.05) is 44.2 Å². The van der Waals surface area contributed by atoms with Crippen molar-refractivity contribution in [2.75, 3.05) is 6.61 Å². The van der Waals surface area contributed by atoms with Gasteiger partial charge in [-0.2, -0.15) is 0 Å². The van der Waals surface area contributed by atoms with E-state index in [-0.39, 0.29) is 12.5 Å². The molecule has 0 aliphatic carbocycles. The highest BCUT2D eigenvalue weighted by Crippen LogP contribution is 2.07. The molecule has 0 aliphatic heterocycles. The lowest BCUT2D eigenvalue weighted by atomic mass is 10.0. The molecule has 138 valence electrons. The lowest BCUT2D eigenvalue weighted by Crippen LogP contribution is -2.51. The average molecular weight is 350 g/mol. The third kappa shape index (κ3) is 7.80. The molecule has 0 bridgehead atoms. The van der Waals surface area contributed by atoms with Gasteiger partial charge in [-0.25, -0.2) is 4.79 Å². The zero-order chi connectivity index (χ0) is 18.8. The van der Waals surface area contributed by atoms with E-state index in [9.17, 15) is 14.4 Å². The number of nitrogens with one attached hydrogen (secondary N) is 2. The summed E-state index contributed by atoms with van der Waals surface area (Å²) in [5, 5.41) is 13.9. The van der Waals surface area contributed by atoms with Gasteiger partial charge in [0.05, 0.1) is 6.04 Å². The lowest BCUT2D eigenvalue weighted by Gasteiger charge is -2.21. The van der Waals surface area contributed by atoms with Gasteiger partial charge in [0.1, 0.15) is 19.3 Å². The summed E-state index contributed by atoms with van der Waals surface area (Å²) < 4.78 is 5.13. The van der Waals surface area contributed by atoms with Crippen molar-refractivity contribution in [2.45, 2.75) is 45.9 Å². The van der Waals surface area contributed by atoms with Crippen LogP contribution in [0.1, 0.15) is 32.8 Å². The molecular weight excluding hydrogens is 324 g/mol. The van der Waals surface area contributed by atoms with Gasteiger partial charge in [-0.15, -0.1) is 0 Å². The molecule has 7 nitrogen and oxygen atoms in total. The first-order chi connectivity index (χ1) is 11.8. The van der Waals surface area contributed by atoms with Crippen LogP contribution in [0, 0.1) is 5.92 Å². The maximum atomic E-state index is 12.3. The van der Waals surface area contributed by atoms with E-state index in [1.54, 1.807) is 0 Å². The first kappa shape index (κ1) is 20.6. The summed E-state index contributed by atoms with van der Waals surface area (Å²) in [5.41, 5.74) is 0.838. The Bertz CT molecular complexity index is 574. The van der Waals surface area contributed by atoms with Crippen LogP contribution >= 0.6 is 0 Å². The Balaban J connectivity index is 2.60. The van der Waals surface area contributed by atoms with Crippen molar-refractivity contribution in [1.29, 1.82) is 0 Å². The topological polar surface area (TPSA) is 105 Å². The molecule has 3 N–H and O–H groups in total. The number of ketones is 1. The number of aliphatic hydroxyl groups is 1. The van der Waals surface area contributed by atoms with E-state index in [0.29, 0.717) is 6.42 Å². The molecule has 1 aromatic rings. The predicted molar refractivity (Wildman–Crippen MR) is 92.7 cm³/mol. The van der Waals surface area contributed by atoms with Crippen molar-refractivity contribution in [3.63, 3.8) is 0 Å². The second kappa shape index (κ2) is 10.5. The second-order valence-electron chi connectivity index (χ2n) is 6.24. The number of hydrogen-bond acceptors (Lipinski definition) is 5. The van der Waals surface area contributed by atoms with Crippen LogP contribution in [-0.2, 0) is 20.9 Å². The Hall–Kier alpha value is -2.41. The quantitative estimate of drug-likeness (QED) is 0.624. The van der Waals surface area contributed by atoms with Gasteiger partial charge >= 0.3 is 6.09 Å². The number of ether oxygens (including phenoxy) is 1. The predicted octanol–water partition coefficient (Wildman–Crippen LogP) is 1.39. The molecule has 0 heterocycles. The normalized spacial score (nSPS) is 13.0. The van der Waals surface area contributed by atoms with Crippen LogP contribution in [0.4, 0.5) is 4.79 Å². The Morgan fingerprint density at radius 2 is 1.72 bits per heavy atom. The largest absolute Gasteiger partial charge is 0.445 e. The molecule has 0 radical (unpaired) electrons. The van der Waals surface area contributed by atoms with Crippen LogP contribution in [0.25, 0.3) is 0 Å². The van der Waals surface area contributed by atoms with E-state index in [1.165, 1.54) is 6.92 Å². The Morgan fingerprint density at radius 3 is 2.28 bits per heavy atom. The van der Waals surface area contributed by atoms with Crippen LogP contribution in [0.15, 0.2) is 30.3 Å². The molecular formula is C18H26N2O5. The minimum Gasteiger partial charge on any atom is -0.445 e. The van der Waals surface area contributed by atoms with Crippen molar-refractivity contribution in [2.24, 2.45) is 5.92 Å². The molecule has 7 heteroatoms. The third-order valence-corrected chi connectivity index (χ3v) is 3.53. The van der Waals surface area contributed by atoms with Crippen molar-refractivity contribution in [3.05, 3.63) is 35.9 Å². The molecule has 0 aliphatic rings. The summed E-state index contributed by atoms with van der Waals surface area (Å²) in [5.74, 6) is -0.836. The first-order valence-electron chi connectivity index (χ1n) is 8.24. The SMILES string of the molecule is CC(C)C[C@H](NC(=O)OCc1ccccc1)C(=O)N[C@@H](C)C(=O)CO. The summed E-state index contributed by atoms with van der Waals surface area (Å²) in [6.45, 7) is 4.76. The molecule has 0 saturated carbocycles.